The second-order valence-corrected chi connectivity index (χ2v) is 15.4. The molecule has 0 radical (unpaired) electrons. The van der Waals surface area contributed by atoms with E-state index in [-0.39, 0.29) is 47.2 Å². The van der Waals surface area contributed by atoms with Gasteiger partial charge >= 0.3 is 0 Å². The maximum absolute atomic E-state index is 13.8. The third-order valence-corrected chi connectivity index (χ3v) is 10.9. The van der Waals surface area contributed by atoms with Gasteiger partial charge in [0, 0.05) is 44.2 Å². The minimum Gasteiger partial charge on any atom is -0.376 e. The number of nitrogens with zero attached hydrogens (tertiary/aromatic N) is 5. The van der Waals surface area contributed by atoms with Gasteiger partial charge in [0.2, 0.25) is 15.9 Å². The fraction of sp³-hybridized carbons (Fsp3) is 0.486. The molecule has 0 atom stereocenters. The zero-order valence-electron chi connectivity index (χ0n) is 29.3. The molecule has 0 bridgehead atoms. The Morgan fingerprint density at radius 1 is 0.837 bits per heavy atom. The van der Waals surface area contributed by atoms with Crippen LogP contribution in [0.15, 0.2) is 83.8 Å². The van der Waals surface area contributed by atoms with Gasteiger partial charge < -0.3 is 20.0 Å². The first-order chi connectivity index (χ1) is 23.4. The summed E-state index contributed by atoms with van der Waals surface area (Å²) in [6, 6.07) is 23.8. The van der Waals surface area contributed by atoms with Gasteiger partial charge in [-0.1, -0.05) is 60.7 Å². The van der Waals surface area contributed by atoms with Crippen molar-refractivity contribution in [2.24, 2.45) is 5.92 Å². The Morgan fingerprint density at radius 3 is 1.82 bits per heavy atom. The molecule has 1 saturated heterocycles. The molecule has 12 heteroatoms. The lowest BCUT2D eigenvalue weighted by molar-refractivity contribution is -0.384. The van der Waals surface area contributed by atoms with Crippen LogP contribution in [0.2, 0.25) is 0 Å². The molecule has 4 rings (SSSR count). The van der Waals surface area contributed by atoms with Crippen molar-refractivity contribution in [3.63, 3.8) is 0 Å². The molecule has 49 heavy (non-hydrogen) atoms. The number of piperidine rings is 1. The largest absolute Gasteiger partial charge is 0.376 e. The van der Waals surface area contributed by atoms with Gasteiger partial charge in [0.15, 0.2) is 0 Å². The van der Waals surface area contributed by atoms with Crippen LogP contribution in [-0.4, -0.2) is 112 Å². The molecule has 1 aliphatic rings. The summed E-state index contributed by atoms with van der Waals surface area (Å²) in [4.78, 5) is 31.4. The number of carbonyl (C=O) groups is 1. The smallest absolute Gasteiger partial charge is 0.293 e. The van der Waals surface area contributed by atoms with Crippen molar-refractivity contribution in [2.45, 2.75) is 49.5 Å². The van der Waals surface area contributed by atoms with Crippen molar-refractivity contribution >= 4 is 27.3 Å². The monoisotopic (exact) mass is 692 g/mol. The molecule has 0 saturated carbocycles. The van der Waals surface area contributed by atoms with Crippen LogP contribution in [0, 0.1) is 16.0 Å². The van der Waals surface area contributed by atoms with Crippen LogP contribution in [0.3, 0.4) is 0 Å². The molecule has 11 nitrogen and oxygen atoms in total. The molecule has 1 N–H and O–H groups in total. The highest BCUT2D eigenvalue weighted by atomic mass is 32.2. The summed E-state index contributed by atoms with van der Waals surface area (Å²) < 4.78 is 28.9. The number of nitrogens with one attached hydrogen (secondary N) is 1. The zero-order chi connectivity index (χ0) is 35.4. The van der Waals surface area contributed by atoms with Gasteiger partial charge in [0.1, 0.15) is 5.69 Å². The highest BCUT2D eigenvalue weighted by molar-refractivity contribution is 7.89. The molecule has 1 heterocycles. The van der Waals surface area contributed by atoms with E-state index >= 15 is 0 Å². The van der Waals surface area contributed by atoms with Gasteiger partial charge in [0.05, 0.1) is 9.82 Å². The van der Waals surface area contributed by atoms with Crippen LogP contribution in [0.1, 0.15) is 36.8 Å². The maximum Gasteiger partial charge on any atom is 0.293 e. The number of anilines is 1. The van der Waals surface area contributed by atoms with Gasteiger partial charge in [-0.2, -0.15) is 4.31 Å². The summed E-state index contributed by atoms with van der Waals surface area (Å²) in [6.45, 7) is 3.48. The van der Waals surface area contributed by atoms with Crippen LogP contribution in [0.25, 0.3) is 0 Å². The molecule has 1 fully saturated rings. The summed E-state index contributed by atoms with van der Waals surface area (Å²) in [5.41, 5.74) is 2.16. The average molecular weight is 693 g/mol. The molecule has 0 aliphatic carbocycles. The highest BCUT2D eigenvalue weighted by Crippen LogP contribution is 2.32. The molecule has 1 aliphatic heterocycles. The van der Waals surface area contributed by atoms with Crippen molar-refractivity contribution in [1.29, 1.82) is 0 Å². The van der Waals surface area contributed by atoms with Crippen LogP contribution in [0.5, 0.6) is 0 Å². The Balaban J connectivity index is 1.46. The summed E-state index contributed by atoms with van der Waals surface area (Å²) in [6.07, 6.45) is 3.83. The van der Waals surface area contributed by atoms with E-state index in [1.165, 1.54) is 16.4 Å². The lowest BCUT2D eigenvalue weighted by Gasteiger charge is -2.34. The summed E-state index contributed by atoms with van der Waals surface area (Å²) >= 11 is 0. The van der Waals surface area contributed by atoms with Gasteiger partial charge in [-0.05, 0) is 103 Å². The second kappa shape index (κ2) is 18.2. The third kappa shape index (κ3) is 11.4. The topological polar surface area (TPSA) is 119 Å². The van der Waals surface area contributed by atoms with Gasteiger partial charge in [0.25, 0.3) is 5.69 Å². The van der Waals surface area contributed by atoms with E-state index in [2.05, 4.69) is 15.1 Å². The van der Waals surface area contributed by atoms with E-state index < -0.39 is 14.9 Å². The molecule has 0 unspecified atom stereocenters. The number of nitro benzene ring substituents is 1. The molecule has 3 aromatic carbocycles. The number of nitro groups is 1. The number of benzene rings is 3. The number of carbonyl (C=O) groups excluding carboxylic acids is 1. The second-order valence-electron chi connectivity index (χ2n) is 13.5. The van der Waals surface area contributed by atoms with E-state index in [1.807, 2.05) is 93.8 Å². The summed E-state index contributed by atoms with van der Waals surface area (Å²) in [5, 5.41) is 15.6. The lowest BCUT2D eigenvalue weighted by Crippen LogP contribution is -2.45. The molecule has 3 aromatic rings. The number of sulfonamides is 1. The first-order valence-electron chi connectivity index (χ1n) is 17.1. The summed E-state index contributed by atoms with van der Waals surface area (Å²) in [7, 11) is 4.05. The highest BCUT2D eigenvalue weighted by Gasteiger charge is 2.35. The predicted molar refractivity (Wildman–Crippen MR) is 195 cm³/mol. The minimum absolute atomic E-state index is 0.0844. The van der Waals surface area contributed by atoms with E-state index in [0.29, 0.717) is 38.8 Å². The normalized spacial score (nSPS) is 14.4. The van der Waals surface area contributed by atoms with Gasteiger partial charge in [-0.25, -0.2) is 8.42 Å². The zero-order valence-corrected chi connectivity index (χ0v) is 30.1. The van der Waals surface area contributed by atoms with Crippen molar-refractivity contribution in [2.75, 3.05) is 72.8 Å². The maximum atomic E-state index is 13.8. The Kier molecular flexibility index (Phi) is 14.1. The quantitative estimate of drug-likeness (QED) is 0.146. The fourth-order valence-corrected chi connectivity index (χ4v) is 7.86. The van der Waals surface area contributed by atoms with Crippen LogP contribution in [0.4, 0.5) is 11.4 Å². The Morgan fingerprint density at radius 2 is 1.35 bits per heavy atom. The first-order valence-corrected chi connectivity index (χ1v) is 18.6. The van der Waals surface area contributed by atoms with Crippen molar-refractivity contribution in [3.05, 3.63) is 100 Å². The van der Waals surface area contributed by atoms with Crippen LogP contribution < -0.4 is 5.32 Å². The van der Waals surface area contributed by atoms with E-state index in [4.69, 9.17) is 0 Å². The Hall–Kier alpha value is -3.84. The number of hydrogen-bond donors (Lipinski definition) is 1. The third-order valence-electron chi connectivity index (χ3n) is 8.99. The number of rotatable bonds is 18. The molecular formula is C37H52N6O5S. The van der Waals surface area contributed by atoms with E-state index in [1.54, 1.807) is 0 Å². The van der Waals surface area contributed by atoms with Crippen molar-refractivity contribution in [3.8, 4) is 0 Å². The van der Waals surface area contributed by atoms with E-state index in [0.717, 1.165) is 43.1 Å². The van der Waals surface area contributed by atoms with Gasteiger partial charge in [-0.3, -0.25) is 14.9 Å². The predicted octanol–water partition coefficient (Wildman–Crippen LogP) is 4.99. The summed E-state index contributed by atoms with van der Waals surface area (Å²) in [5.74, 6) is -0.168. The molecule has 266 valence electrons. The van der Waals surface area contributed by atoms with Crippen molar-refractivity contribution < 1.29 is 18.1 Å². The fourth-order valence-electron chi connectivity index (χ4n) is 6.37. The first kappa shape index (κ1) is 38.0. The van der Waals surface area contributed by atoms with E-state index in [9.17, 15) is 23.3 Å². The van der Waals surface area contributed by atoms with Crippen LogP contribution in [-0.2, 0) is 27.7 Å². The Labute approximate surface area is 292 Å². The minimum atomic E-state index is -4.01. The molecule has 1 amide bonds. The Bertz CT molecular complexity index is 1540. The van der Waals surface area contributed by atoms with Crippen LogP contribution >= 0.6 is 0 Å². The van der Waals surface area contributed by atoms with Crippen molar-refractivity contribution in [1.82, 2.24) is 19.0 Å². The molecular weight excluding hydrogens is 641 g/mol. The molecule has 0 aromatic heterocycles. The van der Waals surface area contributed by atoms with Gasteiger partial charge in [-0.15, -0.1) is 0 Å². The average Bonchev–Trinajstić information content (AvgIpc) is 3.08. The number of hydrogen-bond acceptors (Lipinski definition) is 8. The SMILES string of the molecule is CN(C)CCCN(CCCN(C)C)C(=O)C1CCN(S(=O)(=O)c2ccc(NC(Cc3ccccc3)Cc3ccccc3)c([N+](=O)[O-])c2)CC1. The standard InChI is InChI=1S/C37H52N6O5S/c1-39(2)21-11-23-41(24-12-22-40(3)4)37(44)32-19-25-42(26-20-32)49(47,48)34-17-18-35(36(29-34)43(45)46)38-33(27-30-13-7-5-8-14-30)28-31-15-9-6-10-16-31/h5-10,13-18,29,32-33,38H,11-12,19-28H2,1-4H3. The molecule has 0 spiro atoms. The lowest BCUT2D eigenvalue weighted by atomic mass is 9.96. The number of amides is 1.